The molecule has 0 aliphatic carbocycles. The zero-order valence-corrected chi connectivity index (χ0v) is 7.65. The van der Waals surface area contributed by atoms with Crippen LogP contribution in [-0.2, 0) is 6.18 Å². The number of hydrogen-bond donors (Lipinski definition) is 1. The van der Waals surface area contributed by atoms with Gasteiger partial charge >= 0.3 is 6.18 Å². The van der Waals surface area contributed by atoms with Crippen LogP contribution in [0.15, 0.2) is 31.0 Å². The Kier molecular flexibility index (Phi) is 2.84. The number of aryl methyl sites for hydroxylation is 1. The maximum absolute atomic E-state index is 12.3. The molecule has 0 spiro atoms. The van der Waals surface area contributed by atoms with Crippen molar-refractivity contribution < 1.29 is 13.2 Å². The van der Waals surface area contributed by atoms with Gasteiger partial charge in [-0.1, -0.05) is 12.6 Å². The summed E-state index contributed by atoms with van der Waals surface area (Å²) in [5.74, 6) is 0. The van der Waals surface area contributed by atoms with Gasteiger partial charge in [-0.05, 0) is 30.8 Å². The van der Waals surface area contributed by atoms with E-state index in [4.69, 9.17) is 0 Å². The van der Waals surface area contributed by atoms with Crippen LogP contribution in [0.5, 0.6) is 0 Å². The molecule has 0 atom stereocenters. The van der Waals surface area contributed by atoms with E-state index in [9.17, 15) is 13.2 Å². The van der Waals surface area contributed by atoms with E-state index in [-0.39, 0.29) is 0 Å². The van der Waals surface area contributed by atoms with Crippen LogP contribution in [0, 0.1) is 6.92 Å². The summed E-state index contributed by atoms with van der Waals surface area (Å²) in [6.07, 6.45) is -2.95. The van der Waals surface area contributed by atoms with Gasteiger partial charge in [0.25, 0.3) is 0 Å². The number of anilines is 1. The topological polar surface area (TPSA) is 12.0 Å². The molecule has 0 heterocycles. The highest BCUT2D eigenvalue weighted by Crippen LogP contribution is 2.31. The number of rotatable bonds is 2. The van der Waals surface area contributed by atoms with Crippen LogP contribution in [0.3, 0.4) is 0 Å². The van der Waals surface area contributed by atoms with Crippen molar-refractivity contribution in [2.45, 2.75) is 13.1 Å². The highest BCUT2D eigenvalue weighted by atomic mass is 19.4. The first kappa shape index (κ1) is 10.6. The molecule has 0 aliphatic heterocycles. The van der Waals surface area contributed by atoms with Crippen molar-refractivity contribution in [3.63, 3.8) is 0 Å². The largest absolute Gasteiger partial charge is 0.416 e. The van der Waals surface area contributed by atoms with Gasteiger partial charge in [0.15, 0.2) is 0 Å². The van der Waals surface area contributed by atoms with Gasteiger partial charge in [0.05, 0.1) is 5.56 Å². The summed E-state index contributed by atoms with van der Waals surface area (Å²) in [6, 6.07) is 3.55. The summed E-state index contributed by atoms with van der Waals surface area (Å²) in [7, 11) is 0. The number of benzene rings is 1. The molecule has 76 valence electrons. The standard InChI is InChI=1S/C10H10F3N/c1-3-14-9-6-8(10(11,12)13)5-4-7(9)2/h3-6,14H,1H2,2H3. The summed E-state index contributed by atoms with van der Waals surface area (Å²) in [5, 5.41) is 2.65. The van der Waals surface area contributed by atoms with Crippen molar-refractivity contribution in [2.75, 3.05) is 5.32 Å². The van der Waals surface area contributed by atoms with Crippen molar-refractivity contribution in [3.8, 4) is 0 Å². The third-order valence-corrected chi connectivity index (χ3v) is 1.82. The van der Waals surface area contributed by atoms with Crippen LogP contribution in [0.1, 0.15) is 11.1 Å². The van der Waals surface area contributed by atoms with Gasteiger partial charge in [-0.2, -0.15) is 13.2 Å². The summed E-state index contributed by atoms with van der Waals surface area (Å²) in [5.41, 5.74) is 0.514. The Balaban J connectivity index is 3.12. The predicted molar refractivity (Wildman–Crippen MR) is 50.0 cm³/mol. The molecule has 0 amide bonds. The maximum atomic E-state index is 12.3. The van der Waals surface area contributed by atoms with Crippen LogP contribution >= 0.6 is 0 Å². The molecule has 0 fully saturated rings. The molecule has 0 bridgehead atoms. The lowest BCUT2D eigenvalue weighted by Crippen LogP contribution is -2.05. The van der Waals surface area contributed by atoms with Gasteiger partial charge in [0.2, 0.25) is 0 Å². The molecule has 0 aliphatic rings. The summed E-state index contributed by atoms with van der Waals surface area (Å²) in [6.45, 7) is 5.12. The van der Waals surface area contributed by atoms with Crippen LogP contribution in [-0.4, -0.2) is 0 Å². The molecule has 1 aromatic rings. The zero-order valence-electron chi connectivity index (χ0n) is 7.65. The highest BCUT2D eigenvalue weighted by molar-refractivity contribution is 5.54. The van der Waals surface area contributed by atoms with E-state index in [1.807, 2.05) is 0 Å². The number of nitrogens with one attached hydrogen (secondary N) is 1. The number of halogens is 3. The minimum Gasteiger partial charge on any atom is -0.362 e. The first-order valence-electron chi connectivity index (χ1n) is 4.00. The van der Waals surface area contributed by atoms with Crippen molar-refractivity contribution in [1.29, 1.82) is 0 Å². The molecule has 0 unspecified atom stereocenters. The van der Waals surface area contributed by atoms with Crippen molar-refractivity contribution in [2.24, 2.45) is 0 Å². The normalized spacial score (nSPS) is 11.1. The lowest BCUT2D eigenvalue weighted by Gasteiger charge is -2.10. The Labute approximate surface area is 80.2 Å². The molecule has 0 saturated heterocycles. The second kappa shape index (κ2) is 3.74. The second-order valence-electron chi connectivity index (χ2n) is 2.88. The predicted octanol–water partition coefficient (Wildman–Crippen LogP) is 3.57. The SMILES string of the molecule is C=CNc1cc(C(F)(F)F)ccc1C. The fourth-order valence-corrected chi connectivity index (χ4v) is 1.06. The molecule has 4 heteroatoms. The highest BCUT2D eigenvalue weighted by Gasteiger charge is 2.30. The van der Waals surface area contributed by atoms with Crippen molar-refractivity contribution in [1.82, 2.24) is 0 Å². The smallest absolute Gasteiger partial charge is 0.362 e. The van der Waals surface area contributed by atoms with E-state index in [0.717, 1.165) is 17.7 Å². The van der Waals surface area contributed by atoms with Crippen LogP contribution < -0.4 is 5.32 Å². The fraction of sp³-hybridized carbons (Fsp3) is 0.200. The molecular formula is C10H10F3N. The van der Waals surface area contributed by atoms with E-state index in [2.05, 4.69) is 11.9 Å². The van der Waals surface area contributed by atoms with E-state index in [1.54, 1.807) is 6.92 Å². The third-order valence-electron chi connectivity index (χ3n) is 1.82. The van der Waals surface area contributed by atoms with Gasteiger partial charge in [-0.15, -0.1) is 0 Å². The fourth-order valence-electron chi connectivity index (χ4n) is 1.06. The molecule has 14 heavy (non-hydrogen) atoms. The van der Waals surface area contributed by atoms with Crippen molar-refractivity contribution >= 4 is 5.69 Å². The quantitative estimate of drug-likeness (QED) is 0.771. The van der Waals surface area contributed by atoms with Crippen LogP contribution in [0.25, 0.3) is 0 Å². The Hall–Kier alpha value is -1.45. The van der Waals surface area contributed by atoms with E-state index < -0.39 is 11.7 Å². The average molecular weight is 201 g/mol. The molecule has 1 N–H and O–H groups in total. The molecule has 0 aromatic heterocycles. The molecule has 0 radical (unpaired) electrons. The summed E-state index contributed by atoms with van der Waals surface area (Å²) < 4.78 is 36.9. The van der Waals surface area contributed by atoms with Gasteiger partial charge in [-0.25, -0.2) is 0 Å². The minimum absolute atomic E-state index is 0.426. The number of alkyl halides is 3. The van der Waals surface area contributed by atoms with Gasteiger partial charge in [-0.3, -0.25) is 0 Å². The van der Waals surface area contributed by atoms with Crippen molar-refractivity contribution in [3.05, 3.63) is 42.1 Å². The summed E-state index contributed by atoms with van der Waals surface area (Å²) in [4.78, 5) is 0. The Morgan fingerprint density at radius 1 is 1.36 bits per heavy atom. The molecule has 1 nitrogen and oxygen atoms in total. The van der Waals surface area contributed by atoms with Crippen LogP contribution in [0.4, 0.5) is 18.9 Å². The second-order valence-corrected chi connectivity index (χ2v) is 2.88. The van der Waals surface area contributed by atoms with Gasteiger partial charge in [0.1, 0.15) is 0 Å². The lowest BCUT2D eigenvalue weighted by atomic mass is 10.1. The van der Waals surface area contributed by atoms with E-state index in [0.29, 0.717) is 5.69 Å². The number of hydrogen-bond acceptors (Lipinski definition) is 1. The first-order chi connectivity index (χ1) is 6.45. The summed E-state index contributed by atoms with van der Waals surface area (Å²) >= 11 is 0. The zero-order chi connectivity index (χ0) is 10.8. The maximum Gasteiger partial charge on any atom is 0.416 e. The van der Waals surface area contributed by atoms with E-state index in [1.165, 1.54) is 12.3 Å². The lowest BCUT2D eigenvalue weighted by molar-refractivity contribution is -0.137. The Morgan fingerprint density at radius 2 is 2.00 bits per heavy atom. The Bertz CT molecular complexity index is 342. The average Bonchev–Trinajstić information content (AvgIpc) is 2.07. The molecule has 1 aromatic carbocycles. The monoisotopic (exact) mass is 201 g/mol. The molecule has 1 rings (SSSR count). The van der Waals surface area contributed by atoms with E-state index >= 15 is 0 Å². The third kappa shape index (κ3) is 2.28. The first-order valence-corrected chi connectivity index (χ1v) is 4.00. The minimum atomic E-state index is -4.30. The van der Waals surface area contributed by atoms with Crippen LogP contribution in [0.2, 0.25) is 0 Å². The molecule has 0 saturated carbocycles. The molecular weight excluding hydrogens is 191 g/mol. The van der Waals surface area contributed by atoms with Gasteiger partial charge < -0.3 is 5.32 Å². The van der Waals surface area contributed by atoms with Gasteiger partial charge in [0, 0.05) is 5.69 Å². The Morgan fingerprint density at radius 3 is 2.50 bits per heavy atom.